The number of methoxy groups -OCH3 is 1. The molecule has 2 aromatic rings. The summed E-state index contributed by atoms with van der Waals surface area (Å²) >= 11 is 5.98. The lowest BCUT2D eigenvalue weighted by Crippen LogP contribution is -2.13. The van der Waals surface area contributed by atoms with Gasteiger partial charge in [0.25, 0.3) is 11.6 Å². The number of hydrogen-bond donors (Lipinski definition) is 1. The van der Waals surface area contributed by atoms with Crippen molar-refractivity contribution in [2.75, 3.05) is 12.4 Å². The highest BCUT2D eigenvalue weighted by atomic mass is 35.5. The molecule has 0 atom stereocenters. The Hall–Kier alpha value is -2.80. The van der Waals surface area contributed by atoms with Crippen molar-refractivity contribution in [3.8, 4) is 11.5 Å². The van der Waals surface area contributed by atoms with E-state index in [1.54, 1.807) is 18.2 Å². The highest BCUT2D eigenvalue weighted by Crippen LogP contribution is 2.30. The van der Waals surface area contributed by atoms with Gasteiger partial charge in [-0.3, -0.25) is 14.9 Å². The van der Waals surface area contributed by atoms with E-state index in [-0.39, 0.29) is 22.5 Å². The van der Waals surface area contributed by atoms with Crippen LogP contribution in [0.2, 0.25) is 5.02 Å². The van der Waals surface area contributed by atoms with Crippen molar-refractivity contribution < 1.29 is 19.2 Å². The number of amides is 1. The summed E-state index contributed by atoms with van der Waals surface area (Å²) < 4.78 is 10.8. The van der Waals surface area contributed by atoms with E-state index in [4.69, 9.17) is 21.1 Å². The van der Waals surface area contributed by atoms with Gasteiger partial charge in [-0.2, -0.15) is 0 Å². The number of benzene rings is 2. The fourth-order valence-electron chi connectivity index (χ4n) is 2.07. The van der Waals surface area contributed by atoms with Gasteiger partial charge in [0.2, 0.25) is 0 Å². The quantitative estimate of drug-likeness (QED) is 0.609. The summed E-state index contributed by atoms with van der Waals surface area (Å²) in [5.74, 6) is 0.531. The highest BCUT2D eigenvalue weighted by molar-refractivity contribution is 6.34. The Morgan fingerprint density at radius 2 is 1.92 bits per heavy atom. The first-order valence-electron chi connectivity index (χ1n) is 7.41. The molecule has 1 amide bonds. The van der Waals surface area contributed by atoms with Gasteiger partial charge in [0, 0.05) is 17.7 Å². The summed E-state index contributed by atoms with van der Waals surface area (Å²) in [6.45, 7) is 3.77. The Bertz CT molecular complexity index is 808. The van der Waals surface area contributed by atoms with E-state index in [1.165, 1.54) is 25.3 Å². The molecule has 0 aliphatic carbocycles. The second-order valence-electron chi connectivity index (χ2n) is 5.41. The Kier molecular flexibility index (Phi) is 5.82. The maximum absolute atomic E-state index is 12.4. The minimum atomic E-state index is -0.560. The molecule has 2 aromatic carbocycles. The molecule has 0 aliphatic rings. The summed E-state index contributed by atoms with van der Waals surface area (Å²) in [4.78, 5) is 22.5. The molecule has 8 heteroatoms. The molecule has 0 aromatic heterocycles. The van der Waals surface area contributed by atoms with Gasteiger partial charge in [0.05, 0.1) is 28.8 Å². The van der Waals surface area contributed by atoms with Gasteiger partial charge >= 0.3 is 0 Å². The Morgan fingerprint density at radius 3 is 2.48 bits per heavy atom. The van der Waals surface area contributed by atoms with Crippen molar-refractivity contribution in [2.24, 2.45) is 0 Å². The lowest BCUT2D eigenvalue weighted by molar-refractivity contribution is -0.384. The van der Waals surface area contributed by atoms with Crippen molar-refractivity contribution in [1.82, 2.24) is 0 Å². The standard InChI is InChI=1S/C17H17ClN2O5/c1-10(2)25-15-7-4-11(8-16(15)24-3)17(21)19-14-6-5-12(20(22)23)9-13(14)18/h4-10H,1-3H3,(H,19,21). The maximum atomic E-state index is 12.4. The Morgan fingerprint density at radius 1 is 1.20 bits per heavy atom. The van der Waals surface area contributed by atoms with E-state index in [0.717, 1.165) is 0 Å². The minimum absolute atomic E-state index is 0.0347. The van der Waals surface area contributed by atoms with E-state index >= 15 is 0 Å². The fourth-order valence-corrected chi connectivity index (χ4v) is 2.30. The van der Waals surface area contributed by atoms with E-state index in [0.29, 0.717) is 17.1 Å². The molecule has 0 fully saturated rings. The van der Waals surface area contributed by atoms with Gasteiger partial charge in [0.15, 0.2) is 11.5 Å². The lowest BCUT2D eigenvalue weighted by atomic mass is 10.1. The van der Waals surface area contributed by atoms with Crippen molar-refractivity contribution >= 4 is 28.9 Å². The first-order chi connectivity index (χ1) is 11.8. The number of carbonyl (C=O) groups excluding carboxylic acids is 1. The molecule has 7 nitrogen and oxygen atoms in total. The molecule has 0 saturated heterocycles. The number of nitrogens with one attached hydrogen (secondary N) is 1. The van der Waals surface area contributed by atoms with Crippen LogP contribution in [0.25, 0.3) is 0 Å². The molecule has 0 aliphatic heterocycles. The average molecular weight is 365 g/mol. The summed E-state index contributed by atoms with van der Waals surface area (Å²) in [7, 11) is 1.48. The average Bonchev–Trinajstić information content (AvgIpc) is 2.56. The number of rotatable bonds is 6. The summed E-state index contributed by atoms with van der Waals surface area (Å²) in [6, 6.07) is 8.61. The molecule has 0 radical (unpaired) electrons. The van der Waals surface area contributed by atoms with Crippen LogP contribution >= 0.6 is 11.6 Å². The topological polar surface area (TPSA) is 90.7 Å². The van der Waals surface area contributed by atoms with Crippen LogP contribution in [-0.2, 0) is 0 Å². The molecule has 0 heterocycles. The number of halogens is 1. The van der Waals surface area contributed by atoms with E-state index in [1.807, 2.05) is 13.8 Å². The molecule has 0 spiro atoms. The smallest absolute Gasteiger partial charge is 0.271 e. The predicted octanol–water partition coefficient (Wildman–Crippen LogP) is 4.30. The number of nitro groups is 1. The third-order valence-electron chi connectivity index (χ3n) is 3.20. The van der Waals surface area contributed by atoms with Gasteiger partial charge in [-0.25, -0.2) is 0 Å². The van der Waals surface area contributed by atoms with Gasteiger partial charge in [-0.15, -0.1) is 0 Å². The van der Waals surface area contributed by atoms with Crippen LogP contribution in [0.1, 0.15) is 24.2 Å². The first-order valence-corrected chi connectivity index (χ1v) is 7.79. The zero-order valence-electron chi connectivity index (χ0n) is 13.9. The number of nitrogens with zero attached hydrogens (tertiary/aromatic N) is 1. The molecule has 1 N–H and O–H groups in total. The molecular formula is C17H17ClN2O5. The number of ether oxygens (including phenoxy) is 2. The van der Waals surface area contributed by atoms with Crippen LogP contribution in [0.15, 0.2) is 36.4 Å². The van der Waals surface area contributed by atoms with Crippen LogP contribution in [0.5, 0.6) is 11.5 Å². The predicted molar refractivity (Wildman–Crippen MR) is 94.8 cm³/mol. The van der Waals surface area contributed by atoms with Gasteiger partial charge in [0.1, 0.15) is 0 Å². The minimum Gasteiger partial charge on any atom is -0.493 e. The number of hydrogen-bond acceptors (Lipinski definition) is 5. The normalized spacial score (nSPS) is 10.4. The second-order valence-corrected chi connectivity index (χ2v) is 5.81. The molecule has 0 bridgehead atoms. The van der Waals surface area contributed by atoms with Crippen molar-refractivity contribution in [1.29, 1.82) is 0 Å². The first kappa shape index (κ1) is 18.5. The van der Waals surface area contributed by atoms with Gasteiger partial charge in [-0.1, -0.05) is 11.6 Å². The Balaban J connectivity index is 2.22. The van der Waals surface area contributed by atoms with Crippen LogP contribution < -0.4 is 14.8 Å². The number of anilines is 1. The van der Waals surface area contributed by atoms with Crippen LogP contribution in [-0.4, -0.2) is 24.0 Å². The monoisotopic (exact) mass is 364 g/mol. The molecule has 0 unspecified atom stereocenters. The van der Waals surface area contributed by atoms with Crippen LogP contribution in [0.4, 0.5) is 11.4 Å². The SMILES string of the molecule is COc1cc(C(=O)Nc2ccc([N+](=O)[O-])cc2Cl)ccc1OC(C)C. The van der Waals surface area contributed by atoms with E-state index in [2.05, 4.69) is 5.32 Å². The molecule has 0 saturated carbocycles. The molecule has 2 rings (SSSR count). The maximum Gasteiger partial charge on any atom is 0.271 e. The molecule has 132 valence electrons. The molecular weight excluding hydrogens is 348 g/mol. The second kappa shape index (κ2) is 7.85. The Labute approximate surface area is 149 Å². The van der Waals surface area contributed by atoms with E-state index < -0.39 is 10.8 Å². The van der Waals surface area contributed by atoms with E-state index in [9.17, 15) is 14.9 Å². The van der Waals surface area contributed by atoms with Crippen molar-refractivity contribution in [3.05, 3.63) is 57.1 Å². The number of non-ortho nitro benzene ring substituents is 1. The number of carbonyl (C=O) groups is 1. The van der Waals surface area contributed by atoms with Crippen LogP contribution in [0, 0.1) is 10.1 Å². The van der Waals surface area contributed by atoms with Crippen molar-refractivity contribution in [2.45, 2.75) is 20.0 Å². The number of nitro benzene ring substituents is 1. The highest BCUT2D eigenvalue weighted by Gasteiger charge is 2.15. The molecule has 25 heavy (non-hydrogen) atoms. The third-order valence-corrected chi connectivity index (χ3v) is 3.51. The summed E-state index contributed by atoms with van der Waals surface area (Å²) in [5.41, 5.74) is 0.459. The van der Waals surface area contributed by atoms with Crippen molar-refractivity contribution in [3.63, 3.8) is 0 Å². The zero-order chi connectivity index (χ0) is 18.6. The fraction of sp³-hybridized carbons (Fsp3) is 0.235. The van der Waals surface area contributed by atoms with Crippen LogP contribution in [0.3, 0.4) is 0 Å². The summed E-state index contributed by atoms with van der Waals surface area (Å²) in [5, 5.41) is 13.4. The third kappa shape index (κ3) is 4.60. The zero-order valence-corrected chi connectivity index (χ0v) is 14.7. The lowest BCUT2D eigenvalue weighted by Gasteiger charge is -2.14. The largest absolute Gasteiger partial charge is 0.493 e. The summed E-state index contributed by atoms with van der Waals surface area (Å²) in [6.07, 6.45) is -0.0347. The van der Waals surface area contributed by atoms with Gasteiger partial charge < -0.3 is 14.8 Å². The van der Waals surface area contributed by atoms with Gasteiger partial charge in [-0.05, 0) is 38.1 Å².